The lowest BCUT2D eigenvalue weighted by Gasteiger charge is -2.07. The van der Waals surface area contributed by atoms with Crippen molar-refractivity contribution in [3.05, 3.63) is 71.1 Å². The number of carbonyl (C=O) groups excluding carboxylic acids is 3. The molecular weight excluding hydrogens is 324 g/mol. The molecule has 0 atom stereocenters. The Morgan fingerprint density at radius 3 is 2.21 bits per heavy atom. The van der Waals surface area contributed by atoms with Crippen molar-refractivity contribution in [3.8, 4) is 0 Å². The molecular formula is C18H16N2O3S. The number of para-hydroxylation sites is 1. The Kier molecular flexibility index (Phi) is 6.33. The van der Waals surface area contributed by atoms with Crippen LogP contribution >= 0.6 is 11.8 Å². The van der Waals surface area contributed by atoms with Gasteiger partial charge in [-0.1, -0.05) is 54.2 Å². The fourth-order valence-electron chi connectivity index (χ4n) is 1.88. The standard InChI is InChI=1S/C11H10N2O2S.C7H6O/c1-12-7-4-2-3-5-8(7)16-9-6-10(14)13-11(9)15;8-6-7-4-2-1-3-5-7/h2-6,12H,1H3,(H,13,14,15);1-6H. The van der Waals surface area contributed by atoms with Crippen LogP contribution in [0.25, 0.3) is 0 Å². The minimum absolute atomic E-state index is 0.332. The fraction of sp³-hybridized carbons (Fsp3) is 0.0556. The molecule has 2 aromatic carbocycles. The van der Waals surface area contributed by atoms with E-state index in [1.54, 1.807) is 12.1 Å². The lowest BCUT2D eigenvalue weighted by atomic mass is 10.2. The second-order valence-corrected chi connectivity index (χ2v) is 5.79. The summed E-state index contributed by atoms with van der Waals surface area (Å²) in [5.74, 6) is -0.685. The summed E-state index contributed by atoms with van der Waals surface area (Å²) in [6.45, 7) is 0. The summed E-state index contributed by atoms with van der Waals surface area (Å²) >= 11 is 1.28. The second kappa shape index (κ2) is 8.69. The molecule has 0 saturated carbocycles. The van der Waals surface area contributed by atoms with E-state index >= 15 is 0 Å². The molecule has 2 N–H and O–H groups in total. The van der Waals surface area contributed by atoms with Crippen molar-refractivity contribution in [1.82, 2.24) is 5.32 Å². The van der Waals surface area contributed by atoms with Crippen LogP contribution in [0, 0.1) is 0 Å². The van der Waals surface area contributed by atoms with Crippen molar-refractivity contribution >= 4 is 35.5 Å². The first kappa shape index (κ1) is 17.5. The predicted octanol–water partition coefficient (Wildman–Crippen LogP) is 2.86. The lowest BCUT2D eigenvalue weighted by molar-refractivity contribution is -0.123. The third kappa shape index (κ3) is 4.82. The lowest BCUT2D eigenvalue weighted by Crippen LogP contribution is -2.21. The van der Waals surface area contributed by atoms with Crippen molar-refractivity contribution in [2.45, 2.75) is 4.90 Å². The highest BCUT2D eigenvalue weighted by Crippen LogP contribution is 2.33. The van der Waals surface area contributed by atoms with E-state index < -0.39 is 0 Å². The quantitative estimate of drug-likeness (QED) is 0.661. The molecule has 1 heterocycles. The maximum absolute atomic E-state index is 11.3. The molecule has 0 aliphatic carbocycles. The molecule has 24 heavy (non-hydrogen) atoms. The van der Waals surface area contributed by atoms with E-state index in [4.69, 9.17) is 0 Å². The Morgan fingerprint density at radius 1 is 1.00 bits per heavy atom. The molecule has 0 saturated heterocycles. The van der Waals surface area contributed by atoms with Crippen LogP contribution < -0.4 is 10.6 Å². The van der Waals surface area contributed by atoms with Crippen LogP contribution in [-0.4, -0.2) is 25.1 Å². The molecule has 1 aliphatic heterocycles. The van der Waals surface area contributed by atoms with Gasteiger partial charge in [0.1, 0.15) is 6.29 Å². The van der Waals surface area contributed by atoms with Crippen LogP contribution in [0.3, 0.4) is 0 Å². The maximum atomic E-state index is 11.3. The normalized spacial score (nSPS) is 12.6. The number of hydrogen-bond acceptors (Lipinski definition) is 5. The zero-order chi connectivity index (χ0) is 17.4. The van der Waals surface area contributed by atoms with E-state index in [0.29, 0.717) is 4.91 Å². The summed E-state index contributed by atoms with van der Waals surface area (Å²) < 4.78 is 0. The smallest absolute Gasteiger partial charge is 0.265 e. The average Bonchev–Trinajstić information content (AvgIpc) is 2.94. The molecule has 3 rings (SSSR count). The number of rotatable bonds is 4. The predicted molar refractivity (Wildman–Crippen MR) is 94.9 cm³/mol. The molecule has 0 radical (unpaired) electrons. The Hall–Kier alpha value is -2.86. The Bertz CT molecular complexity index is 773. The summed E-state index contributed by atoms with van der Waals surface area (Å²) in [4.78, 5) is 33.7. The van der Waals surface area contributed by atoms with E-state index in [2.05, 4.69) is 10.6 Å². The van der Waals surface area contributed by atoms with Gasteiger partial charge in [-0.15, -0.1) is 0 Å². The summed E-state index contributed by atoms with van der Waals surface area (Å²) in [5.41, 5.74) is 1.66. The molecule has 0 aromatic heterocycles. The molecule has 0 fully saturated rings. The van der Waals surface area contributed by atoms with Gasteiger partial charge in [-0.05, 0) is 12.1 Å². The number of thioether (sulfide) groups is 1. The Balaban J connectivity index is 0.000000219. The van der Waals surface area contributed by atoms with Crippen molar-refractivity contribution < 1.29 is 14.4 Å². The van der Waals surface area contributed by atoms with E-state index in [1.807, 2.05) is 49.5 Å². The van der Waals surface area contributed by atoms with Crippen molar-refractivity contribution in [1.29, 1.82) is 0 Å². The van der Waals surface area contributed by atoms with Crippen LogP contribution in [0.4, 0.5) is 5.69 Å². The highest BCUT2D eigenvalue weighted by molar-refractivity contribution is 8.04. The molecule has 2 amide bonds. The summed E-state index contributed by atoms with van der Waals surface area (Å²) in [6, 6.07) is 16.7. The van der Waals surface area contributed by atoms with Crippen molar-refractivity contribution in [2.75, 3.05) is 12.4 Å². The van der Waals surface area contributed by atoms with Gasteiger partial charge in [-0.2, -0.15) is 0 Å². The first-order valence-electron chi connectivity index (χ1n) is 7.16. The van der Waals surface area contributed by atoms with Crippen molar-refractivity contribution in [2.24, 2.45) is 0 Å². The molecule has 1 aliphatic rings. The number of anilines is 1. The number of benzene rings is 2. The number of aldehydes is 1. The van der Waals surface area contributed by atoms with Gasteiger partial charge in [0, 0.05) is 29.3 Å². The van der Waals surface area contributed by atoms with E-state index in [9.17, 15) is 14.4 Å². The minimum atomic E-state index is -0.352. The Labute approximate surface area is 144 Å². The first-order valence-corrected chi connectivity index (χ1v) is 7.97. The Morgan fingerprint density at radius 2 is 1.67 bits per heavy atom. The van der Waals surface area contributed by atoms with Gasteiger partial charge in [-0.3, -0.25) is 19.7 Å². The average molecular weight is 340 g/mol. The van der Waals surface area contributed by atoms with Crippen molar-refractivity contribution in [3.63, 3.8) is 0 Å². The molecule has 2 aromatic rings. The van der Waals surface area contributed by atoms with Crippen LogP contribution in [-0.2, 0) is 9.59 Å². The number of hydrogen-bond donors (Lipinski definition) is 2. The van der Waals surface area contributed by atoms with Gasteiger partial charge >= 0.3 is 0 Å². The molecule has 0 unspecified atom stereocenters. The monoisotopic (exact) mass is 340 g/mol. The number of nitrogens with one attached hydrogen (secondary N) is 2. The third-order valence-corrected chi connectivity index (χ3v) is 4.13. The van der Waals surface area contributed by atoms with Crippen LogP contribution in [0.5, 0.6) is 0 Å². The molecule has 6 heteroatoms. The van der Waals surface area contributed by atoms with Gasteiger partial charge < -0.3 is 5.32 Å². The highest BCUT2D eigenvalue weighted by Gasteiger charge is 2.22. The summed E-state index contributed by atoms with van der Waals surface area (Å²) in [5, 5.41) is 5.24. The van der Waals surface area contributed by atoms with Gasteiger partial charge in [0.2, 0.25) is 0 Å². The van der Waals surface area contributed by atoms with E-state index in [-0.39, 0.29) is 11.8 Å². The second-order valence-electron chi connectivity index (χ2n) is 4.70. The first-order chi connectivity index (χ1) is 11.6. The number of carbonyl (C=O) groups is 3. The number of amides is 2. The van der Waals surface area contributed by atoms with Crippen LogP contribution in [0.2, 0.25) is 0 Å². The van der Waals surface area contributed by atoms with E-state index in [0.717, 1.165) is 22.4 Å². The summed E-state index contributed by atoms with van der Waals surface area (Å²) in [7, 11) is 1.81. The summed E-state index contributed by atoms with van der Waals surface area (Å²) in [6.07, 6.45) is 2.15. The van der Waals surface area contributed by atoms with Gasteiger partial charge in [0.05, 0.1) is 4.91 Å². The number of imide groups is 1. The zero-order valence-corrected chi connectivity index (χ0v) is 13.8. The minimum Gasteiger partial charge on any atom is -0.387 e. The molecule has 122 valence electrons. The van der Waals surface area contributed by atoms with Gasteiger partial charge in [-0.25, -0.2) is 0 Å². The SMILES string of the molecule is CNc1ccccc1SC1=CC(=O)NC1=O.O=Cc1ccccc1. The maximum Gasteiger partial charge on any atom is 0.265 e. The van der Waals surface area contributed by atoms with Crippen LogP contribution in [0.1, 0.15) is 10.4 Å². The van der Waals surface area contributed by atoms with E-state index in [1.165, 1.54) is 17.8 Å². The van der Waals surface area contributed by atoms with Crippen LogP contribution in [0.15, 0.2) is 70.5 Å². The molecule has 0 spiro atoms. The zero-order valence-electron chi connectivity index (χ0n) is 13.0. The largest absolute Gasteiger partial charge is 0.387 e. The third-order valence-electron chi connectivity index (χ3n) is 3.03. The highest BCUT2D eigenvalue weighted by atomic mass is 32.2. The topological polar surface area (TPSA) is 75.3 Å². The molecule has 5 nitrogen and oxygen atoms in total. The molecule has 0 bridgehead atoms. The fourth-order valence-corrected chi connectivity index (χ4v) is 2.86. The van der Waals surface area contributed by atoms with Gasteiger partial charge in [0.15, 0.2) is 0 Å². The van der Waals surface area contributed by atoms with Gasteiger partial charge in [0.25, 0.3) is 11.8 Å².